The van der Waals surface area contributed by atoms with E-state index in [1.54, 1.807) is 12.4 Å². The Labute approximate surface area is 107 Å². The molecule has 1 aliphatic heterocycles. The van der Waals surface area contributed by atoms with Gasteiger partial charge in [0, 0.05) is 24.6 Å². The van der Waals surface area contributed by atoms with Crippen molar-refractivity contribution in [3.63, 3.8) is 0 Å². The Bertz CT molecular complexity index is 362. The summed E-state index contributed by atoms with van der Waals surface area (Å²) in [7, 11) is 0. The van der Waals surface area contributed by atoms with E-state index in [0.29, 0.717) is 5.88 Å². The van der Waals surface area contributed by atoms with Gasteiger partial charge in [-0.15, -0.1) is 11.6 Å². The van der Waals surface area contributed by atoms with Crippen molar-refractivity contribution in [2.24, 2.45) is 0 Å². The average molecular weight is 256 g/mol. The fraction of sp³-hybridized carbons (Fsp3) is 0.615. The molecule has 1 aromatic rings. The van der Waals surface area contributed by atoms with Crippen LogP contribution in [-0.2, 0) is 10.6 Å². The normalized spacial score (nSPS) is 29.0. The molecular weight excluding hydrogens is 238 g/mol. The van der Waals surface area contributed by atoms with Crippen molar-refractivity contribution in [3.8, 4) is 5.75 Å². The molecule has 2 rings (SSSR count). The predicted molar refractivity (Wildman–Crippen MR) is 67.5 cm³/mol. The molecule has 1 aromatic heterocycles. The second-order valence-electron chi connectivity index (χ2n) is 4.59. The lowest BCUT2D eigenvalue weighted by Gasteiger charge is -2.32. The maximum Gasteiger partial charge on any atom is 0.142 e. The third kappa shape index (κ3) is 3.33. The number of ether oxygens (including phenoxy) is 2. The van der Waals surface area contributed by atoms with Crippen LogP contribution in [-0.4, -0.2) is 23.3 Å². The van der Waals surface area contributed by atoms with Crippen molar-refractivity contribution >= 4 is 11.6 Å². The summed E-state index contributed by atoms with van der Waals surface area (Å²) >= 11 is 5.87. The molecule has 0 N–H and O–H groups in total. The van der Waals surface area contributed by atoms with Crippen molar-refractivity contribution in [3.05, 3.63) is 24.0 Å². The molecule has 2 unspecified atom stereocenters. The topological polar surface area (TPSA) is 31.4 Å². The molecule has 1 fully saturated rings. The number of nitrogens with zero attached hydrogens (tertiary/aromatic N) is 1. The SMILES string of the molecule is CC1CC(Oc2cnccc2CCl)CC(C)O1. The summed E-state index contributed by atoms with van der Waals surface area (Å²) in [6.45, 7) is 4.16. The Morgan fingerprint density at radius 2 is 2.12 bits per heavy atom. The highest BCUT2D eigenvalue weighted by Crippen LogP contribution is 2.26. The lowest BCUT2D eigenvalue weighted by molar-refractivity contribution is -0.0723. The highest BCUT2D eigenvalue weighted by Gasteiger charge is 2.26. The molecule has 0 amide bonds. The van der Waals surface area contributed by atoms with Crippen LogP contribution < -0.4 is 4.74 Å². The van der Waals surface area contributed by atoms with E-state index in [2.05, 4.69) is 18.8 Å². The molecule has 3 nitrogen and oxygen atoms in total. The number of rotatable bonds is 3. The highest BCUT2D eigenvalue weighted by atomic mass is 35.5. The molecule has 2 heterocycles. The van der Waals surface area contributed by atoms with E-state index < -0.39 is 0 Å². The minimum atomic E-state index is 0.194. The molecule has 17 heavy (non-hydrogen) atoms. The molecule has 1 saturated heterocycles. The number of hydrogen-bond donors (Lipinski definition) is 0. The van der Waals surface area contributed by atoms with E-state index in [9.17, 15) is 0 Å². The van der Waals surface area contributed by atoms with Gasteiger partial charge in [0.15, 0.2) is 0 Å². The van der Waals surface area contributed by atoms with Gasteiger partial charge in [-0.3, -0.25) is 4.98 Å². The van der Waals surface area contributed by atoms with E-state index in [0.717, 1.165) is 24.2 Å². The third-order valence-electron chi connectivity index (χ3n) is 2.96. The molecule has 4 heteroatoms. The van der Waals surface area contributed by atoms with E-state index >= 15 is 0 Å². The molecular formula is C13H18ClNO2. The number of pyridine rings is 1. The third-order valence-corrected chi connectivity index (χ3v) is 3.25. The Balaban J connectivity index is 2.04. The van der Waals surface area contributed by atoms with Crippen molar-refractivity contribution in [1.29, 1.82) is 0 Å². The van der Waals surface area contributed by atoms with Gasteiger partial charge in [-0.1, -0.05) is 0 Å². The van der Waals surface area contributed by atoms with Crippen molar-refractivity contribution < 1.29 is 9.47 Å². The molecule has 0 aromatic carbocycles. The lowest BCUT2D eigenvalue weighted by atomic mass is 10.0. The fourth-order valence-electron chi connectivity index (χ4n) is 2.25. The van der Waals surface area contributed by atoms with Crippen LogP contribution in [0.4, 0.5) is 0 Å². The van der Waals surface area contributed by atoms with Gasteiger partial charge in [0.05, 0.1) is 24.3 Å². The summed E-state index contributed by atoms with van der Waals surface area (Å²) in [4.78, 5) is 4.08. The average Bonchev–Trinajstić information content (AvgIpc) is 2.28. The first kappa shape index (κ1) is 12.7. The van der Waals surface area contributed by atoms with Crippen LogP contribution in [0.5, 0.6) is 5.75 Å². The molecule has 2 atom stereocenters. The first-order valence-electron chi connectivity index (χ1n) is 6.00. The quantitative estimate of drug-likeness (QED) is 0.778. The Morgan fingerprint density at radius 1 is 1.41 bits per heavy atom. The molecule has 1 aliphatic rings. The zero-order chi connectivity index (χ0) is 12.3. The van der Waals surface area contributed by atoms with Crippen LogP contribution in [0, 0.1) is 0 Å². The Hall–Kier alpha value is -0.800. The summed E-state index contributed by atoms with van der Waals surface area (Å²) in [6, 6.07) is 1.90. The molecule has 0 spiro atoms. The number of hydrogen-bond acceptors (Lipinski definition) is 3. The van der Waals surface area contributed by atoms with Gasteiger partial charge in [-0.05, 0) is 19.9 Å². The standard InChI is InChI=1S/C13H18ClNO2/c1-9-5-12(6-10(2)16-9)17-13-8-15-4-3-11(13)7-14/h3-4,8-10,12H,5-7H2,1-2H3. The number of aromatic nitrogens is 1. The van der Waals surface area contributed by atoms with Crippen LogP contribution in [0.2, 0.25) is 0 Å². The summed E-state index contributed by atoms with van der Waals surface area (Å²) in [6.07, 6.45) is 6.00. The molecule has 0 aliphatic carbocycles. The zero-order valence-corrected chi connectivity index (χ0v) is 11.0. The van der Waals surface area contributed by atoms with E-state index in [-0.39, 0.29) is 18.3 Å². The van der Waals surface area contributed by atoms with Gasteiger partial charge in [0.25, 0.3) is 0 Å². The minimum Gasteiger partial charge on any atom is -0.488 e. The largest absolute Gasteiger partial charge is 0.488 e. The lowest BCUT2D eigenvalue weighted by Crippen LogP contribution is -2.35. The van der Waals surface area contributed by atoms with Crippen molar-refractivity contribution in [2.75, 3.05) is 0 Å². The zero-order valence-electron chi connectivity index (χ0n) is 10.2. The van der Waals surface area contributed by atoms with Crippen LogP contribution >= 0.6 is 11.6 Å². The van der Waals surface area contributed by atoms with E-state index in [1.165, 1.54) is 0 Å². The van der Waals surface area contributed by atoms with Gasteiger partial charge in [0.1, 0.15) is 11.9 Å². The monoisotopic (exact) mass is 255 g/mol. The molecule has 94 valence electrons. The number of alkyl halides is 1. The first-order chi connectivity index (χ1) is 8.19. The van der Waals surface area contributed by atoms with E-state index in [1.807, 2.05) is 6.07 Å². The van der Waals surface area contributed by atoms with Gasteiger partial charge in [-0.25, -0.2) is 0 Å². The van der Waals surface area contributed by atoms with Crippen LogP contribution in [0.25, 0.3) is 0 Å². The van der Waals surface area contributed by atoms with E-state index in [4.69, 9.17) is 21.1 Å². The Morgan fingerprint density at radius 3 is 2.76 bits per heavy atom. The highest BCUT2D eigenvalue weighted by molar-refractivity contribution is 6.17. The van der Waals surface area contributed by atoms with Crippen LogP contribution in [0.1, 0.15) is 32.3 Å². The molecule has 0 saturated carbocycles. The smallest absolute Gasteiger partial charge is 0.142 e. The summed E-state index contributed by atoms with van der Waals surface area (Å²) < 4.78 is 11.7. The first-order valence-corrected chi connectivity index (χ1v) is 6.53. The second-order valence-corrected chi connectivity index (χ2v) is 4.85. The molecule has 0 radical (unpaired) electrons. The van der Waals surface area contributed by atoms with Gasteiger partial charge >= 0.3 is 0 Å². The summed E-state index contributed by atoms with van der Waals surface area (Å²) in [5.74, 6) is 1.25. The van der Waals surface area contributed by atoms with Crippen molar-refractivity contribution in [2.45, 2.75) is 50.9 Å². The maximum absolute atomic E-state index is 5.99. The van der Waals surface area contributed by atoms with Gasteiger partial charge in [-0.2, -0.15) is 0 Å². The fourth-order valence-corrected chi connectivity index (χ4v) is 2.47. The minimum absolute atomic E-state index is 0.194. The van der Waals surface area contributed by atoms with Gasteiger partial charge < -0.3 is 9.47 Å². The predicted octanol–water partition coefficient (Wildman–Crippen LogP) is 3.16. The van der Waals surface area contributed by atoms with Gasteiger partial charge in [0.2, 0.25) is 0 Å². The van der Waals surface area contributed by atoms with Crippen LogP contribution in [0.3, 0.4) is 0 Å². The number of halogens is 1. The maximum atomic E-state index is 5.99. The Kier molecular flexibility index (Phi) is 4.24. The second kappa shape index (κ2) is 5.69. The molecule has 0 bridgehead atoms. The summed E-state index contributed by atoms with van der Waals surface area (Å²) in [5.41, 5.74) is 0.994. The summed E-state index contributed by atoms with van der Waals surface area (Å²) in [5, 5.41) is 0. The van der Waals surface area contributed by atoms with Crippen molar-refractivity contribution in [1.82, 2.24) is 4.98 Å². The van der Waals surface area contributed by atoms with Crippen LogP contribution in [0.15, 0.2) is 18.5 Å².